The molecule has 0 spiro atoms. The second-order valence-electron chi connectivity index (χ2n) is 11.8. The molecule has 0 saturated carbocycles. The Labute approximate surface area is 254 Å². The lowest BCUT2D eigenvalue weighted by atomic mass is 9.94. The molecule has 3 aromatic rings. The number of likely N-dealkylation sites (tertiary alicyclic amines) is 1. The van der Waals surface area contributed by atoms with Gasteiger partial charge in [-0.25, -0.2) is 9.82 Å². The third kappa shape index (κ3) is 6.89. The number of pyridine rings is 1. The zero-order chi connectivity index (χ0) is 30.5. The summed E-state index contributed by atoms with van der Waals surface area (Å²) in [6.45, 7) is 10.2. The molecule has 0 bridgehead atoms. The van der Waals surface area contributed by atoms with Gasteiger partial charge in [0, 0.05) is 60.8 Å². The van der Waals surface area contributed by atoms with Crippen LogP contribution in [0.3, 0.4) is 0 Å². The molecule has 43 heavy (non-hydrogen) atoms. The van der Waals surface area contributed by atoms with Crippen molar-refractivity contribution in [1.82, 2.24) is 25.5 Å². The molecule has 9 heteroatoms. The van der Waals surface area contributed by atoms with Gasteiger partial charge in [0.05, 0.1) is 17.8 Å². The van der Waals surface area contributed by atoms with Crippen LogP contribution in [0.4, 0.5) is 10.1 Å². The molecule has 0 radical (unpaired) electrons. The van der Waals surface area contributed by atoms with Crippen LogP contribution in [0.25, 0.3) is 0 Å². The summed E-state index contributed by atoms with van der Waals surface area (Å²) in [5.41, 5.74) is 12.5. The van der Waals surface area contributed by atoms with Crippen LogP contribution >= 0.6 is 0 Å². The zero-order valence-electron chi connectivity index (χ0n) is 25.6. The summed E-state index contributed by atoms with van der Waals surface area (Å²) < 4.78 is 14.9. The minimum Gasteiger partial charge on any atom is -0.348 e. The van der Waals surface area contributed by atoms with Crippen molar-refractivity contribution in [3.8, 4) is 0 Å². The number of anilines is 1. The lowest BCUT2D eigenvalue weighted by Gasteiger charge is -2.41. The number of halogens is 1. The number of amides is 2. The van der Waals surface area contributed by atoms with Crippen molar-refractivity contribution in [2.75, 3.05) is 25.1 Å². The third-order valence-corrected chi connectivity index (χ3v) is 8.55. The van der Waals surface area contributed by atoms with E-state index in [9.17, 15) is 14.0 Å². The lowest BCUT2D eigenvalue weighted by molar-refractivity contribution is -0.139. The van der Waals surface area contributed by atoms with Gasteiger partial charge in [-0.05, 0) is 87.1 Å². The van der Waals surface area contributed by atoms with E-state index in [4.69, 9.17) is 0 Å². The fourth-order valence-corrected chi connectivity index (χ4v) is 6.33. The molecule has 1 aromatic heterocycles. The molecule has 3 atom stereocenters. The number of hydrazine groups is 1. The Balaban J connectivity index is 1.34. The highest BCUT2D eigenvalue weighted by Gasteiger charge is 2.36. The van der Waals surface area contributed by atoms with E-state index in [0.29, 0.717) is 50.1 Å². The Hall–Kier alpha value is -3.82. The standard InChI is InChI=1S/C34H43FN6O2/c1-5-16-40(17-6-2)34(43)31-13-11-26(20-41(31)21-28-22(3)8-7-9-29(28)35)37-33(42)25-10-12-30-27(19-25)32(39-38-30)24-14-15-36-23(4)18-24/h7-10,12,14-15,18-19,26,31-32,38-39H,5-6,11,13,16-17,20-21H2,1-4H3,(H,37,42). The summed E-state index contributed by atoms with van der Waals surface area (Å²) >= 11 is 0. The summed E-state index contributed by atoms with van der Waals surface area (Å²) in [6.07, 6.45) is 4.84. The van der Waals surface area contributed by atoms with Crippen LogP contribution in [0.2, 0.25) is 0 Å². The van der Waals surface area contributed by atoms with E-state index in [-0.39, 0.29) is 35.8 Å². The maximum Gasteiger partial charge on any atom is 0.251 e. The second kappa shape index (κ2) is 13.7. The molecule has 2 amide bonds. The smallest absolute Gasteiger partial charge is 0.251 e. The van der Waals surface area contributed by atoms with Gasteiger partial charge in [-0.2, -0.15) is 0 Å². The number of rotatable bonds is 10. The van der Waals surface area contributed by atoms with E-state index < -0.39 is 0 Å². The van der Waals surface area contributed by atoms with Crippen molar-refractivity contribution in [2.45, 2.75) is 78.0 Å². The number of fused-ring (bicyclic) bond motifs is 1. The second-order valence-corrected chi connectivity index (χ2v) is 11.8. The van der Waals surface area contributed by atoms with Crippen molar-refractivity contribution in [3.63, 3.8) is 0 Å². The molecule has 2 aliphatic heterocycles. The van der Waals surface area contributed by atoms with Crippen LogP contribution in [-0.2, 0) is 11.3 Å². The van der Waals surface area contributed by atoms with Crippen molar-refractivity contribution in [2.24, 2.45) is 0 Å². The van der Waals surface area contributed by atoms with Crippen molar-refractivity contribution in [3.05, 3.63) is 94.1 Å². The van der Waals surface area contributed by atoms with Crippen LogP contribution in [-0.4, -0.2) is 58.3 Å². The minimum absolute atomic E-state index is 0.0958. The average Bonchev–Trinajstić information content (AvgIpc) is 3.42. The molecule has 2 aromatic carbocycles. The van der Waals surface area contributed by atoms with E-state index in [0.717, 1.165) is 40.9 Å². The number of carbonyl (C=O) groups excluding carboxylic acids is 2. The number of aromatic nitrogens is 1. The fraction of sp³-hybridized carbons (Fsp3) is 0.441. The molecule has 3 N–H and O–H groups in total. The van der Waals surface area contributed by atoms with E-state index in [1.807, 2.05) is 55.1 Å². The molecule has 3 heterocycles. The molecule has 0 aliphatic carbocycles. The van der Waals surface area contributed by atoms with Gasteiger partial charge in [0.2, 0.25) is 5.91 Å². The Morgan fingerprint density at radius 1 is 1.07 bits per heavy atom. The summed E-state index contributed by atoms with van der Waals surface area (Å²) in [5.74, 6) is -0.330. The number of hydrogen-bond acceptors (Lipinski definition) is 6. The van der Waals surface area contributed by atoms with Crippen molar-refractivity contribution < 1.29 is 14.0 Å². The molecule has 1 saturated heterocycles. The summed E-state index contributed by atoms with van der Waals surface area (Å²) in [4.78, 5) is 35.6. The monoisotopic (exact) mass is 586 g/mol. The van der Waals surface area contributed by atoms with E-state index >= 15 is 0 Å². The Morgan fingerprint density at radius 2 is 1.86 bits per heavy atom. The van der Waals surface area contributed by atoms with Gasteiger partial charge in [-0.3, -0.25) is 19.5 Å². The fourth-order valence-electron chi connectivity index (χ4n) is 6.33. The Morgan fingerprint density at radius 3 is 2.58 bits per heavy atom. The molecule has 3 unspecified atom stereocenters. The number of benzene rings is 2. The summed E-state index contributed by atoms with van der Waals surface area (Å²) in [7, 11) is 0. The Bertz CT molecular complexity index is 1440. The number of carbonyl (C=O) groups is 2. The first-order valence-corrected chi connectivity index (χ1v) is 15.4. The first kappa shape index (κ1) is 30.6. The minimum atomic E-state index is -0.355. The zero-order valence-corrected chi connectivity index (χ0v) is 25.6. The number of piperidine rings is 1. The SMILES string of the molecule is CCCN(CCC)C(=O)C1CCC(NC(=O)c2ccc3c(c2)C(c2ccnc(C)c2)NN3)CN1Cc1c(C)cccc1F. The predicted octanol–water partition coefficient (Wildman–Crippen LogP) is 5.27. The molecular weight excluding hydrogens is 543 g/mol. The van der Waals surface area contributed by atoms with Gasteiger partial charge in [0.15, 0.2) is 0 Å². The lowest BCUT2D eigenvalue weighted by Crippen LogP contribution is -2.57. The van der Waals surface area contributed by atoms with Crippen molar-refractivity contribution >= 4 is 17.5 Å². The molecule has 2 aliphatic rings. The normalized spacial score (nSPS) is 19.9. The molecule has 1 fully saturated rings. The number of hydrogen-bond donors (Lipinski definition) is 3. The highest BCUT2D eigenvalue weighted by molar-refractivity contribution is 5.95. The largest absolute Gasteiger partial charge is 0.348 e. The van der Waals surface area contributed by atoms with Crippen molar-refractivity contribution in [1.29, 1.82) is 0 Å². The quantitative estimate of drug-likeness (QED) is 0.300. The molecule has 5 rings (SSSR count). The van der Waals surface area contributed by atoms with Gasteiger partial charge >= 0.3 is 0 Å². The first-order chi connectivity index (χ1) is 20.8. The van der Waals surface area contributed by atoms with Gasteiger partial charge in [0.25, 0.3) is 5.91 Å². The first-order valence-electron chi connectivity index (χ1n) is 15.4. The van der Waals surface area contributed by atoms with Crippen LogP contribution < -0.4 is 16.2 Å². The van der Waals surface area contributed by atoms with Gasteiger partial charge in [0.1, 0.15) is 5.82 Å². The van der Waals surface area contributed by atoms with Gasteiger partial charge in [-0.15, -0.1) is 0 Å². The number of aryl methyl sites for hydroxylation is 2. The molecule has 8 nitrogen and oxygen atoms in total. The number of nitrogens with zero attached hydrogens (tertiary/aromatic N) is 3. The van der Waals surface area contributed by atoms with Crippen LogP contribution in [0.15, 0.2) is 54.7 Å². The predicted molar refractivity (Wildman–Crippen MR) is 167 cm³/mol. The van der Waals surface area contributed by atoms with Gasteiger partial charge in [-0.1, -0.05) is 26.0 Å². The van der Waals surface area contributed by atoms with Crippen LogP contribution in [0.1, 0.15) is 83.9 Å². The highest BCUT2D eigenvalue weighted by atomic mass is 19.1. The highest BCUT2D eigenvalue weighted by Crippen LogP contribution is 2.34. The summed E-state index contributed by atoms with van der Waals surface area (Å²) in [6, 6.07) is 14.2. The van der Waals surface area contributed by atoms with Gasteiger partial charge < -0.3 is 15.6 Å². The molecular formula is C34H43FN6O2. The van der Waals surface area contributed by atoms with Crippen LogP contribution in [0, 0.1) is 19.7 Å². The maximum atomic E-state index is 14.9. The topological polar surface area (TPSA) is 89.6 Å². The maximum absolute atomic E-state index is 14.9. The number of nitrogens with one attached hydrogen (secondary N) is 3. The Kier molecular flexibility index (Phi) is 9.72. The summed E-state index contributed by atoms with van der Waals surface area (Å²) in [5, 5.41) is 3.22. The van der Waals surface area contributed by atoms with Crippen LogP contribution in [0.5, 0.6) is 0 Å². The average molecular weight is 587 g/mol. The van der Waals surface area contributed by atoms with E-state index in [1.54, 1.807) is 12.3 Å². The van der Waals surface area contributed by atoms with E-state index in [2.05, 4.69) is 39.9 Å². The molecule has 228 valence electrons. The van der Waals surface area contributed by atoms with E-state index in [1.165, 1.54) is 6.07 Å². The third-order valence-electron chi connectivity index (χ3n) is 8.55.